The highest BCUT2D eigenvalue weighted by Crippen LogP contribution is 2.20. The van der Waals surface area contributed by atoms with Crippen molar-refractivity contribution in [3.05, 3.63) is 34.7 Å². The number of anilines is 1. The minimum atomic E-state index is 0.549. The molecule has 0 aromatic carbocycles. The lowest BCUT2D eigenvalue weighted by Gasteiger charge is -2.34. The van der Waals surface area contributed by atoms with Crippen LogP contribution in [0.2, 0.25) is 0 Å². The number of aryl methyl sites for hydroxylation is 1. The number of piperazine rings is 1. The van der Waals surface area contributed by atoms with Crippen molar-refractivity contribution in [1.82, 2.24) is 9.88 Å². The highest BCUT2D eigenvalue weighted by Gasteiger charge is 2.19. The van der Waals surface area contributed by atoms with Crippen LogP contribution < -0.4 is 10.6 Å². The maximum atomic E-state index is 5.76. The van der Waals surface area contributed by atoms with Gasteiger partial charge in [-0.25, -0.2) is 4.98 Å². The van der Waals surface area contributed by atoms with Crippen LogP contribution in [0.3, 0.4) is 0 Å². The van der Waals surface area contributed by atoms with Gasteiger partial charge in [-0.3, -0.25) is 4.90 Å². The molecule has 0 bridgehead atoms. The van der Waals surface area contributed by atoms with Crippen molar-refractivity contribution in [2.24, 2.45) is 5.73 Å². The third-order valence-electron chi connectivity index (χ3n) is 3.73. The summed E-state index contributed by atoms with van der Waals surface area (Å²) in [6.45, 7) is 7.52. The van der Waals surface area contributed by atoms with Crippen LogP contribution in [-0.4, -0.2) is 36.1 Å². The smallest absolute Gasteiger partial charge is 0.185 e. The first-order valence-corrected chi connectivity index (χ1v) is 7.79. The largest absolute Gasteiger partial charge is 0.465 e. The second-order valence-electron chi connectivity index (χ2n) is 5.08. The maximum absolute atomic E-state index is 5.76. The summed E-state index contributed by atoms with van der Waals surface area (Å²) in [4.78, 5) is 9.13. The fraction of sp³-hybridized carbons (Fsp3) is 0.500. The topological polar surface area (TPSA) is 58.5 Å². The molecule has 108 valence electrons. The van der Waals surface area contributed by atoms with Crippen molar-refractivity contribution in [3.8, 4) is 0 Å². The molecular weight excluding hydrogens is 272 g/mol. The Morgan fingerprint density at radius 1 is 1.35 bits per heavy atom. The first-order chi connectivity index (χ1) is 9.76. The molecule has 1 aliphatic rings. The van der Waals surface area contributed by atoms with Gasteiger partial charge in [0.15, 0.2) is 5.13 Å². The molecule has 20 heavy (non-hydrogen) atoms. The molecule has 1 saturated heterocycles. The van der Waals surface area contributed by atoms with Crippen molar-refractivity contribution >= 4 is 16.5 Å². The van der Waals surface area contributed by atoms with Crippen LogP contribution in [0.4, 0.5) is 5.13 Å². The molecule has 0 saturated carbocycles. The van der Waals surface area contributed by atoms with Gasteiger partial charge in [0.2, 0.25) is 0 Å². The second kappa shape index (κ2) is 5.95. The van der Waals surface area contributed by atoms with Gasteiger partial charge in [0, 0.05) is 49.9 Å². The molecule has 0 atom stereocenters. The van der Waals surface area contributed by atoms with Gasteiger partial charge in [-0.2, -0.15) is 0 Å². The zero-order valence-corrected chi connectivity index (χ0v) is 12.5. The molecule has 3 heterocycles. The van der Waals surface area contributed by atoms with Gasteiger partial charge in [-0.15, -0.1) is 11.3 Å². The summed E-state index contributed by atoms with van der Waals surface area (Å²) in [6, 6.07) is 2.09. The van der Waals surface area contributed by atoms with Crippen LogP contribution >= 0.6 is 11.3 Å². The van der Waals surface area contributed by atoms with Crippen molar-refractivity contribution < 1.29 is 4.42 Å². The van der Waals surface area contributed by atoms with Crippen molar-refractivity contribution in [2.75, 3.05) is 31.1 Å². The number of furan rings is 1. The van der Waals surface area contributed by atoms with Crippen LogP contribution in [0.25, 0.3) is 0 Å². The Morgan fingerprint density at radius 3 is 2.75 bits per heavy atom. The van der Waals surface area contributed by atoms with E-state index >= 15 is 0 Å². The van der Waals surface area contributed by atoms with Crippen molar-refractivity contribution in [2.45, 2.75) is 20.0 Å². The lowest BCUT2D eigenvalue weighted by molar-refractivity contribution is 0.229. The summed E-state index contributed by atoms with van der Waals surface area (Å²) < 4.78 is 5.76. The third-order valence-corrected chi connectivity index (χ3v) is 4.57. The number of nitrogens with two attached hydrogens (primary N) is 1. The summed E-state index contributed by atoms with van der Waals surface area (Å²) in [5.41, 5.74) is 6.80. The van der Waals surface area contributed by atoms with Gasteiger partial charge in [0.1, 0.15) is 11.5 Å². The molecule has 6 heteroatoms. The first-order valence-electron chi connectivity index (χ1n) is 6.91. The van der Waals surface area contributed by atoms with E-state index in [1.54, 1.807) is 11.3 Å². The summed E-state index contributed by atoms with van der Waals surface area (Å²) in [7, 11) is 0. The van der Waals surface area contributed by atoms with Crippen LogP contribution in [0, 0.1) is 6.92 Å². The molecule has 5 nitrogen and oxygen atoms in total. The molecule has 2 N–H and O–H groups in total. The minimum absolute atomic E-state index is 0.549. The molecule has 3 rings (SSSR count). The van der Waals surface area contributed by atoms with E-state index in [4.69, 9.17) is 10.2 Å². The van der Waals surface area contributed by atoms with E-state index in [0.29, 0.717) is 6.54 Å². The normalized spacial score (nSPS) is 16.8. The third kappa shape index (κ3) is 2.87. The number of hydrogen-bond acceptors (Lipinski definition) is 6. The first kappa shape index (κ1) is 13.6. The average molecular weight is 292 g/mol. The Hall–Kier alpha value is -1.37. The summed E-state index contributed by atoms with van der Waals surface area (Å²) >= 11 is 1.71. The molecule has 1 fully saturated rings. The molecular formula is C14H20N4OS. The molecule has 0 radical (unpaired) electrons. The quantitative estimate of drug-likeness (QED) is 0.931. The van der Waals surface area contributed by atoms with Crippen LogP contribution in [0.15, 0.2) is 22.1 Å². The average Bonchev–Trinajstić information content (AvgIpc) is 3.09. The molecule has 0 amide bonds. The summed E-state index contributed by atoms with van der Waals surface area (Å²) in [5, 5.41) is 3.16. The number of nitrogens with zero attached hydrogens (tertiary/aromatic N) is 3. The van der Waals surface area contributed by atoms with E-state index in [-0.39, 0.29) is 0 Å². The van der Waals surface area contributed by atoms with E-state index in [1.165, 1.54) is 0 Å². The Bertz CT molecular complexity index is 544. The van der Waals surface area contributed by atoms with Gasteiger partial charge >= 0.3 is 0 Å². The van der Waals surface area contributed by atoms with Gasteiger partial charge in [-0.1, -0.05) is 0 Å². The fourth-order valence-corrected chi connectivity index (χ4v) is 3.25. The standard InChI is InChI=1S/C14H20N4OS/c1-11-12(9-15)8-13(19-11)10-17-3-5-18(6-4-17)14-16-2-7-20-14/h2,7-8H,3-6,9-10,15H2,1H3. The van der Waals surface area contributed by atoms with Crippen molar-refractivity contribution in [3.63, 3.8) is 0 Å². The molecule has 2 aromatic rings. The van der Waals surface area contributed by atoms with Gasteiger partial charge in [-0.05, 0) is 13.0 Å². The lowest BCUT2D eigenvalue weighted by atomic mass is 10.2. The Morgan fingerprint density at radius 2 is 2.15 bits per heavy atom. The monoisotopic (exact) mass is 292 g/mol. The number of aromatic nitrogens is 1. The van der Waals surface area contributed by atoms with Crippen molar-refractivity contribution in [1.29, 1.82) is 0 Å². The fourth-order valence-electron chi connectivity index (χ4n) is 2.56. The zero-order valence-electron chi connectivity index (χ0n) is 11.7. The Balaban J connectivity index is 1.55. The molecule has 0 aliphatic carbocycles. The van der Waals surface area contributed by atoms with E-state index < -0.39 is 0 Å². The molecule has 2 aromatic heterocycles. The summed E-state index contributed by atoms with van der Waals surface area (Å²) in [6.07, 6.45) is 1.87. The van der Waals surface area contributed by atoms with Crippen LogP contribution in [0.1, 0.15) is 17.1 Å². The highest BCUT2D eigenvalue weighted by molar-refractivity contribution is 7.13. The Kier molecular flexibility index (Phi) is 4.05. The van der Waals surface area contributed by atoms with Crippen LogP contribution in [-0.2, 0) is 13.1 Å². The van der Waals surface area contributed by atoms with E-state index in [2.05, 4.69) is 20.9 Å². The zero-order chi connectivity index (χ0) is 13.9. The van der Waals surface area contributed by atoms with E-state index in [1.807, 2.05) is 18.5 Å². The number of hydrogen-bond donors (Lipinski definition) is 1. The summed E-state index contributed by atoms with van der Waals surface area (Å²) in [5.74, 6) is 1.97. The number of rotatable bonds is 4. The number of thiazole rings is 1. The predicted molar refractivity (Wildman–Crippen MR) is 80.9 cm³/mol. The molecule has 0 spiro atoms. The van der Waals surface area contributed by atoms with Crippen LogP contribution in [0.5, 0.6) is 0 Å². The minimum Gasteiger partial charge on any atom is -0.465 e. The van der Waals surface area contributed by atoms with E-state index in [0.717, 1.165) is 54.9 Å². The second-order valence-corrected chi connectivity index (χ2v) is 5.95. The highest BCUT2D eigenvalue weighted by atomic mass is 32.1. The Labute approximate surface area is 123 Å². The van der Waals surface area contributed by atoms with Gasteiger partial charge in [0.25, 0.3) is 0 Å². The predicted octanol–water partition coefficient (Wildman–Crippen LogP) is 1.83. The maximum Gasteiger partial charge on any atom is 0.185 e. The SMILES string of the molecule is Cc1oc(CN2CCN(c3nccs3)CC2)cc1CN. The van der Waals surface area contributed by atoms with Gasteiger partial charge < -0.3 is 15.1 Å². The molecule has 1 aliphatic heterocycles. The van der Waals surface area contributed by atoms with E-state index in [9.17, 15) is 0 Å². The lowest BCUT2D eigenvalue weighted by Crippen LogP contribution is -2.45. The molecule has 0 unspecified atom stereocenters. The van der Waals surface area contributed by atoms with Gasteiger partial charge in [0.05, 0.1) is 6.54 Å².